The van der Waals surface area contributed by atoms with Gasteiger partial charge in [0, 0.05) is 38.9 Å². The van der Waals surface area contributed by atoms with Gasteiger partial charge in [0.2, 0.25) is 10.0 Å². The lowest BCUT2D eigenvalue weighted by atomic mass is 10.1. The third-order valence-corrected chi connectivity index (χ3v) is 7.61. The van der Waals surface area contributed by atoms with Gasteiger partial charge in [0.1, 0.15) is 5.82 Å². The monoisotopic (exact) mass is 398 g/mol. The smallest absolute Gasteiger partial charge is 0.217 e. The number of aryl methyl sites for hydroxylation is 1. The van der Waals surface area contributed by atoms with E-state index in [4.69, 9.17) is 9.47 Å². The van der Waals surface area contributed by atoms with Gasteiger partial charge in [-0.05, 0) is 43.0 Å². The molecule has 27 heavy (non-hydrogen) atoms. The number of sulfonamides is 1. The first-order valence-electron chi connectivity index (χ1n) is 9.61. The SMILES string of the molecule is Cc1cc(F)cc(CN2[C@@H]3CN(C4CCOCC4)C[C@@H]3OCCS2(=O)=O)c1. The summed E-state index contributed by atoms with van der Waals surface area (Å²) >= 11 is 0. The van der Waals surface area contributed by atoms with Crippen LogP contribution in [0.2, 0.25) is 0 Å². The third-order valence-electron chi connectivity index (χ3n) is 5.81. The number of hydrogen-bond acceptors (Lipinski definition) is 5. The Kier molecular flexibility index (Phi) is 5.53. The molecule has 0 N–H and O–H groups in total. The first kappa shape index (κ1) is 19.3. The largest absolute Gasteiger partial charge is 0.381 e. The summed E-state index contributed by atoms with van der Waals surface area (Å²) in [6.07, 6.45) is 1.80. The van der Waals surface area contributed by atoms with E-state index in [2.05, 4.69) is 4.90 Å². The van der Waals surface area contributed by atoms with Crippen molar-refractivity contribution in [2.75, 3.05) is 38.7 Å². The summed E-state index contributed by atoms with van der Waals surface area (Å²) in [7, 11) is -3.46. The van der Waals surface area contributed by atoms with E-state index in [-0.39, 0.29) is 36.9 Å². The molecule has 0 aromatic heterocycles. The maximum atomic E-state index is 13.8. The molecule has 0 saturated carbocycles. The van der Waals surface area contributed by atoms with Gasteiger partial charge in [-0.25, -0.2) is 12.8 Å². The minimum Gasteiger partial charge on any atom is -0.381 e. The van der Waals surface area contributed by atoms with Crippen LogP contribution in [-0.4, -0.2) is 74.5 Å². The zero-order chi connectivity index (χ0) is 19.0. The fourth-order valence-corrected chi connectivity index (χ4v) is 6.00. The van der Waals surface area contributed by atoms with Gasteiger partial charge in [0.15, 0.2) is 0 Å². The number of rotatable bonds is 3. The van der Waals surface area contributed by atoms with Crippen LogP contribution in [0.1, 0.15) is 24.0 Å². The molecule has 0 amide bonds. The van der Waals surface area contributed by atoms with E-state index >= 15 is 0 Å². The van der Waals surface area contributed by atoms with E-state index in [1.54, 1.807) is 4.31 Å². The van der Waals surface area contributed by atoms with Gasteiger partial charge in [0.25, 0.3) is 0 Å². The van der Waals surface area contributed by atoms with Gasteiger partial charge in [-0.2, -0.15) is 4.31 Å². The minimum atomic E-state index is -3.46. The molecule has 3 saturated heterocycles. The molecule has 2 atom stereocenters. The Hall–Kier alpha value is -1.06. The molecule has 3 fully saturated rings. The normalized spacial score (nSPS) is 30.1. The van der Waals surface area contributed by atoms with Crippen molar-refractivity contribution in [3.63, 3.8) is 0 Å². The van der Waals surface area contributed by atoms with Crippen molar-refractivity contribution >= 4 is 10.0 Å². The second kappa shape index (κ2) is 7.75. The topological polar surface area (TPSA) is 59.1 Å². The maximum absolute atomic E-state index is 13.8. The second-order valence-electron chi connectivity index (χ2n) is 7.77. The minimum absolute atomic E-state index is 0.0223. The zero-order valence-electron chi connectivity index (χ0n) is 15.6. The molecule has 3 heterocycles. The fourth-order valence-electron chi connectivity index (χ4n) is 4.50. The lowest BCUT2D eigenvalue weighted by Crippen LogP contribution is -2.46. The molecular weight excluding hydrogens is 371 g/mol. The van der Waals surface area contributed by atoms with Crippen LogP contribution in [0, 0.1) is 12.7 Å². The Morgan fingerprint density at radius 3 is 2.67 bits per heavy atom. The van der Waals surface area contributed by atoms with E-state index in [0.717, 1.165) is 38.2 Å². The number of hydrogen-bond donors (Lipinski definition) is 0. The van der Waals surface area contributed by atoms with Gasteiger partial charge in [-0.3, -0.25) is 4.90 Å². The van der Waals surface area contributed by atoms with Crippen LogP contribution in [-0.2, 0) is 26.0 Å². The van der Waals surface area contributed by atoms with Crippen molar-refractivity contribution < 1.29 is 22.3 Å². The summed E-state index contributed by atoms with van der Waals surface area (Å²) in [5, 5.41) is 0. The highest BCUT2D eigenvalue weighted by Crippen LogP contribution is 2.30. The highest BCUT2D eigenvalue weighted by Gasteiger charge is 2.45. The Morgan fingerprint density at radius 1 is 1.15 bits per heavy atom. The first-order valence-corrected chi connectivity index (χ1v) is 11.2. The fraction of sp³-hybridized carbons (Fsp3) is 0.684. The molecular formula is C19H27FN2O4S. The van der Waals surface area contributed by atoms with E-state index < -0.39 is 10.0 Å². The van der Waals surface area contributed by atoms with Crippen LogP contribution >= 0.6 is 0 Å². The van der Waals surface area contributed by atoms with Crippen LogP contribution in [0.25, 0.3) is 0 Å². The molecule has 6 nitrogen and oxygen atoms in total. The number of halogens is 1. The summed E-state index contributed by atoms with van der Waals surface area (Å²) < 4.78 is 52.6. The summed E-state index contributed by atoms with van der Waals surface area (Å²) in [6.45, 7) is 5.12. The van der Waals surface area contributed by atoms with Crippen LogP contribution < -0.4 is 0 Å². The molecule has 0 bridgehead atoms. The first-order chi connectivity index (χ1) is 12.9. The average molecular weight is 399 g/mol. The Bertz CT molecular complexity index is 762. The van der Waals surface area contributed by atoms with Crippen LogP contribution in [0.3, 0.4) is 0 Å². The van der Waals surface area contributed by atoms with Crippen molar-refractivity contribution in [1.82, 2.24) is 9.21 Å². The van der Waals surface area contributed by atoms with E-state index in [0.29, 0.717) is 18.2 Å². The molecule has 0 radical (unpaired) electrons. The Balaban J connectivity index is 1.58. The molecule has 1 aromatic carbocycles. The van der Waals surface area contributed by atoms with Gasteiger partial charge in [0.05, 0.1) is 24.5 Å². The summed E-state index contributed by atoms with van der Waals surface area (Å²) in [4.78, 5) is 2.35. The third kappa shape index (κ3) is 4.19. The summed E-state index contributed by atoms with van der Waals surface area (Å²) in [5.74, 6) is -0.355. The Morgan fingerprint density at radius 2 is 1.93 bits per heavy atom. The quantitative estimate of drug-likeness (QED) is 0.773. The average Bonchev–Trinajstić information content (AvgIpc) is 2.98. The zero-order valence-corrected chi connectivity index (χ0v) is 16.5. The highest BCUT2D eigenvalue weighted by atomic mass is 32.2. The number of fused-ring (bicyclic) bond motifs is 1. The second-order valence-corrected chi connectivity index (χ2v) is 9.81. The lowest BCUT2D eigenvalue weighted by molar-refractivity contribution is 0.0257. The number of benzene rings is 1. The molecule has 4 rings (SSSR count). The van der Waals surface area contributed by atoms with Crippen LogP contribution in [0.15, 0.2) is 18.2 Å². The Labute approximate surface area is 160 Å². The predicted molar refractivity (Wildman–Crippen MR) is 99.4 cm³/mol. The van der Waals surface area contributed by atoms with Crippen LogP contribution in [0.5, 0.6) is 0 Å². The number of nitrogens with zero attached hydrogens (tertiary/aromatic N) is 2. The van der Waals surface area contributed by atoms with Gasteiger partial charge in [-0.1, -0.05) is 6.07 Å². The predicted octanol–water partition coefficient (Wildman–Crippen LogP) is 1.53. The molecule has 8 heteroatoms. The van der Waals surface area contributed by atoms with Gasteiger partial charge >= 0.3 is 0 Å². The summed E-state index contributed by atoms with van der Waals surface area (Å²) in [6, 6.07) is 4.91. The molecule has 0 aliphatic carbocycles. The van der Waals surface area contributed by atoms with E-state index in [1.165, 1.54) is 12.1 Å². The van der Waals surface area contributed by atoms with Crippen molar-refractivity contribution in [3.05, 3.63) is 35.1 Å². The van der Waals surface area contributed by atoms with E-state index in [9.17, 15) is 12.8 Å². The molecule has 1 aromatic rings. The van der Waals surface area contributed by atoms with Gasteiger partial charge in [-0.15, -0.1) is 0 Å². The highest BCUT2D eigenvalue weighted by molar-refractivity contribution is 7.89. The number of ether oxygens (including phenoxy) is 2. The number of likely N-dealkylation sites (tertiary alicyclic amines) is 1. The van der Waals surface area contributed by atoms with Crippen LogP contribution in [0.4, 0.5) is 4.39 Å². The van der Waals surface area contributed by atoms with Crippen molar-refractivity contribution in [1.29, 1.82) is 0 Å². The van der Waals surface area contributed by atoms with Crippen molar-refractivity contribution in [3.8, 4) is 0 Å². The lowest BCUT2D eigenvalue weighted by Gasteiger charge is -2.32. The standard InChI is InChI=1S/C19H27FN2O4S/c1-14-8-15(10-16(20)9-14)11-22-18-12-21(17-2-4-25-5-3-17)13-19(18)26-6-7-27(22,23)24/h8-10,17-19H,2-7,11-13H2,1H3/t18-,19+/m1/s1. The molecule has 0 unspecified atom stereocenters. The van der Waals surface area contributed by atoms with Gasteiger partial charge < -0.3 is 9.47 Å². The van der Waals surface area contributed by atoms with Crippen molar-refractivity contribution in [2.24, 2.45) is 0 Å². The van der Waals surface area contributed by atoms with Crippen molar-refractivity contribution in [2.45, 2.75) is 44.5 Å². The summed E-state index contributed by atoms with van der Waals surface area (Å²) in [5.41, 5.74) is 1.47. The van der Waals surface area contributed by atoms with E-state index in [1.807, 2.05) is 13.0 Å². The maximum Gasteiger partial charge on any atom is 0.217 e. The molecule has 3 aliphatic rings. The molecule has 0 spiro atoms. The molecule has 3 aliphatic heterocycles. The molecule has 150 valence electrons.